The zero-order chi connectivity index (χ0) is 17.9. The summed E-state index contributed by atoms with van der Waals surface area (Å²) in [4.78, 5) is 33.3. The van der Waals surface area contributed by atoms with E-state index in [1.807, 2.05) is 0 Å². The van der Waals surface area contributed by atoms with E-state index < -0.39 is 0 Å². The molecule has 6 nitrogen and oxygen atoms in total. The lowest BCUT2D eigenvalue weighted by Crippen LogP contribution is -2.35. The van der Waals surface area contributed by atoms with Gasteiger partial charge in [-0.3, -0.25) is 19.8 Å². The van der Waals surface area contributed by atoms with Gasteiger partial charge < -0.3 is 10.2 Å². The van der Waals surface area contributed by atoms with Gasteiger partial charge in [-0.05, 0) is 30.5 Å². The first kappa shape index (κ1) is 18.9. The van der Waals surface area contributed by atoms with E-state index in [0.717, 1.165) is 5.56 Å². The molecule has 0 aliphatic carbocycles. The molecule has 1 aromatic rings. The maximum absolute atomic E-state index is 11.5. The summed E-state index contributed by atoms with van der Waals surface area (Å²) in [5, 5.41) is 0. The lowest BCUT2D eigenvalue weighted by atomic mass is 10.0. The lowest BCUT2D eigenvalue weighted by Gasteiger charge is -2.11. The van der Waals surface area contributed by atoms with E-state index in [0.29, 0.717) is 48.0 Å². The van der Waals surface area contributed by atoms with Crippen LogP contribution in [0.3, 0.4) is 0 Å². The molecule has 126 valence electrons. The Morgan fingerprint density at radius 3 is 2.54 bits per heavy atom. The highest BCUT2D eigenvalue weighted by Gasteiger charge is 2.05. The minimum atomic E-state index is -0.377. The molecule has 0 aromatic heterocycles. The molecule has 0 radical (unpaired) electrons. The van der Waals surface area contributed by atoms with Gasteiger partial charge in [0.25, 0.3) is 5.91 Å². The zero-order valence-corrected chi connectivity index (χ0v) is 13.5. The molecule has 1 amide bonds. The normalized spacial score (nSPS) is 10.0. The number of allylic oxidation sites excluding steroid dienone is 2. The van der Waals surface area contributed by atoms with Crippen LogP contribution in [0.5, 0.6) is 0 Å². The molecule has 6 heteroatoms. The fourth-order valence-electron chi connectivity index (χ4n) is 1.80. The summed E-state index contributed by atoms with van der Waals surface area (Å²) in [5.41, 5.74) is 7.46. The molecular weight excluding hydrogens is 308 g/mol. The molecule has 0 aliphatic rings. The smallest absolute Gasteiger partial charge is 0.262 e. The van der Waals surface area contributed by atoms with Crippen molar-refractivity contribution in [1.29, 1.82) is 0 Å². The van der Waals surface area contributed by atoms with Gasteiger partial charge >= 0.3 is 0 Å². The number of aryl methyl sites for hydroxylation is 1. The van der Waals surface area contributed by atoms with E-state index in [1.54, 1.807) is 18.2 Å². The van der Waals surface area contributed by atoms with Crippen LogP contribution < -0.4 is 10.9 Å². The molecule has 0 unspecified atom stereocenters. The molecule has 0 atom stereocenters. The van der Waals surface area contributed by atoms with Crippen molar-refractivity contribution < 1.29 is 19.1 Å². The van der Waals surface area contributed by atoms with Crippen molar-refractivity contribution in [1.82, 2.24) is 10.9 Å². The average Bonchev–Trinajstić information content (AvgIpc) is 2.62. The molecule has 0 saturated carbocycles. The third kappa shape index (κ3) is 6.31. The van der Waals surface area contributed by atoms with Crippen LogP contribution in [-0.2, 0) is 16.0 Å². The second kappa shape index (κ2) is 9.78. The molecule has 0 spiro atoms. The van der Waals surface area contributed by atoms with Gasteiger partial charge in [0.05, 0.1) is 7.11 Å². The number of amides is 1. The summed E-state index contributed by atoms with van der Waals surface area (Å²) in [6, 6.07) is 4.93. The summed E-state index contributed by atoms with van der Waals surface area (Å²) in [5.74, 6) is -0.0117. The third-order valence-electron chi connectivity index (χ3n) is 3.17. The Bertz CT molecular complexity index is 678. The van der Waals surface area contributed by atoms with E-state index in [4.69, 9.17) is 4.74 Å². The maximum Gasteiger partial charge on any atom is 0.262 e. The molecule has 0 heterocycles. The predicted octanol–water partition coefficient (Wildman–Crippen LogP) is 2.09. The fourth-order valence-corrected chi connectivity index (χ4v) is 1.80. The van der Waals surface area contributed by atoms with Gasteiger partial charge in [-0.1, -0.05) is 25.3 Å². The third-order valence-corrected chi connectivity index (χ3v) is 3.17. The Morgan fingerprint density at radius 2 is 1.92 bits per heavy atom. The number of aldehydes is 2. The van der Waals surface area contributed by atoms with E-state index >= 15 is 0 Å². The summed E-state index contributed by atoms with van der Waals surface area (Å²) >= 11 is 0. The van der Waals surface area contributed by atoms with Gasteiger partial charge in [0, 0.05) is 22.9 Å². The Kier molecular flexibility index (Phi) is 7.70. The summed E-state index contributed by atoms with van der Waals surface area (Å²) in [6.45, 7) is 7.36. The van der Waals surface area contributed by atoms with Crippen LogP contribution in [0, 0.1) is 0 Å². The van der Waals surface area contributed by atoms with Gasteiger partial charge in [-0.2, -0.15) is 0 Å². The minimum absolute atomic E-state index is 0.365. The highest BCUT2D eigenvalue weighted by Crippen LogP contribution is 2.13. The summed E-state index contributed by atoms with van der Waals surface area (Å²) in [6.07, 6.45) is 5.17. The van der Waals surface area contributed by atoms with Crippen LogP contribution in [0.2, 0.25) is 0 Å². The number of ether oxygens (including phenoxy) is 1. The topological polar surface area (TPSA) is 84.5 Å². The fraction of sp³-hybridized carbons (Fsp3) is 0.167. The number of rotatable bonds is 10. The Morgan fingerprint density at radius 1 is 1.17 bits per heavy atom. The quantitative estimate of drug-likeness (QED) is 0.226. The second-order valence-corrected chi connectivity index (χ2v) is 4.92. The van der Waals surface area contributed by atoms with Crippen molar-refractivity contribution >= 4 is 18.5 Å². The Balaban J connectivity index is 2.48. The number of hydrogen-bond donors (Lipinski definition) is 2. The van der Waals surface area contributed by atoms with Crippen LogP contribution in [0.25, 0.3) is 0 Å². The number of hydrogen-bond acceptors (Lipinski definition) is 5. The Labute approximate surface area is 140 Å². The summed E-state index contributed by atoms with van der Waals surface area (Å²) < 4.78 is 4.80. The first-order chi connectivity index (χ1) is 11.5. The molecule has 0 fully saturated rings. The highest BCUT2D eigenvalue weighted by molar-refractivity contribution is 5.87. The number of carbonyl (C=O) groups is 3. The van der Waals surface area contributed by atoms with Crippen LogP contribution in [0.4, 0.5) is 0 Å². The van der Waals surface area contributed by atoms with Gasteiger partial charge in [0.15, 0.2) is 0 Å². The van der Waals surface area contributed by atoms with Gasteiger partial charge in [0.2, 0.25) is 0 Å². The number of benzene rings is 1. The van der Waals surface area contributed by atoms with E-state index in [9.17, 15) is 14.4 Å². The van der Waals surface area contributed by atoms with Crippen LogP contribution in [0.1, 0.15) is 32.7 Å². The molecule has 0 saturated heterocycles. The number of nitrogens with one attached hydrogen (secondary N) is 2. The monoisotopic (exact) mass is 328 g/mol. The zero-order valence-electron chi connectivity index (χ0n) is 13.5. The first-order valence-electron chi connectivity index (χ1n) is 7.18. The van der Waals surface area contributed by atoms with Crippen molar-refractivity contribution in [2.75, 3.05) is 7.11 Å². The first-order valence-corrected chi connectivity index (χ1v) is 7.18. The van der Waals surface area contributed by atoms with E-state index in [1.165, 1.54) is 19.3 Å². The van der Waals surface area contributed by atoms with E-state index in [2.05, 4.69) is 24.0 Å². The Hall–Kier alpha value is -3.15. The molecule has 24 heavy (non-hydrogen) atoms. The number of methoxy groups -OCH3 is 1. The average molecular weight is 328 g/mol. The maximum atomic E-state index is 11.5. The van der Waals surface area contributed by atoms with Crippen molar-refractivity contribution in [3.8, 4) is 0 Å². The largest absolute Gasteiger partial charge is 0.497 e. The standard InChI is InChI=1S/C18H20N2O4/c1-13(19-20-18(23)9-5-14(2)24-3)4-7-16-8-6-15(11-21)10-17(16)12-22/h5-6,8-12,19H,1-2,4,7H2,3H3,(H,20,23)/b9-5+. The van der Waals surface area contributed by atoms with Gasteiger partial charge in [0.1, 0.15) is 18.3 Å². The van der Waals surface area contributed by atoms with Crippen LogP contribution in [0.15, 0.2) is 55.0 Å². The molecule has 0 bridgehead atoms. The number of carbonyl (C=O) groups excluding carboxylic acids is 3. The van der Waals surface area contributed by atoms with E-state index in [-0.39, 0.29) is 5.91 Å². The van der Waals surface area contributed by atoms with Crippen LogP contribution >= 0.6 is 0 Å². The molecule has 0 aliphatic heterocycles. The molecule has 1 aromatic carbocycles. The van der Waals surface area contributed by atoms with Crippen molar-refractivity contribution in [3.63, 3.8) is 0 Å². The van der Waals surface area contributed by atoms with Crippen molar-refractivity contribution in [2.45, 2.75) is 12.8 Å². The molecular formula is C18H20N2O4. The van der Waals surface area contributed by atoms with Crippen molar-refractivity contribution in [2.24, 2.45) is 0 Å². The predicted molar refractivity (Wildman–Crippen MR) is 91.2 cm³/mol. The lowest BCUT2D eigenvalue weighted by molar-refractivity contribution is -0.117. The second-order valence-electron chi connectivity index (χ2n) is 4.92. The van der Waals surface area contributed by atoms with Gasteiger partial charge in [-0.15, -0.1) is 0 Å². The SMILES string of the molecule is C=C(CCc1ccc(C=O)cc1C=O)NNC(=O)/C=C/C(=C)OC. The van der Waals surface area contributed by atoms with Crippen LogP contribution in [-0.4, -0.2) is 25.6 Å². The minimum Gasteiger partial charge on any atom is -0.497 e. The molecule has 1 rings (SSSR count). The highest BCUT2D eigenvalue weighted by atomic mass is 16.5. The summed E-state index contributed by atoms with van der Waals surface area (Å²) in [7, 11) is 1.46. The van der Waals surface area contributed by atoms with Gasteiger partial charge in [-0.25, -0.2) is 0 Å². The number of hydrazine groups is 1. The molecule has 2 N–H and O–H groups in total. The van der Waals surface area contributed by atoms with Crippen molar-refractivity contribution in [3.05, 3.63) is 71.7 Å².